The third kappa shape index (κ3) is 7.29. The number of rotatable bonds is 9. The van der Waals surface area contributed by atoms with Gasteiger partial charge in [0.1, 0.15) is 11.5 Å². The van der Waals surface area contributed by atoms with E-state index >= 15 is 0 Å². The molecule has 9 aromatic carbocycles. The predicted molar refractivity (Wildman–Crippen MR) is 256 cm³/mol. The molecular formula is C57H47O3P. The van der Waals surface area contributed by atoms with Crippen LogP contribution in [0.2, 0.25) is 0 Å². The minimum Gasteiger partial charge on any atom is -0.496 e. The second-order valence-corrected chi connectivity index (χ2v) is 18.5. The zero-order valence-corrected chi connectivity index (χ0v) is 35.3. The maximum absolute atomic E-state index is 12.1. The fourth-order valence-corrected chi connectivity index (χ4v) is 13.6. The number of benzene rings is 9. The van der Waals surface area contributed by atoms with E-state index in [1.54, 1.807) is 14.2 Å². The summed E-state index contributed by atoms with van der Waals surface area (Å²) in [4.78, 5) is 0. The van der Waals surface area contributed by atoms with E-state index in [1.807, 2.05) is 0 Å². The van der Waals surface area contributed by atoms with Crippen molar-refractivity contribution in [1.82, 2.24) is 0 Å². The lowest BCUT2D eigenvalue weighted by atomic mass is 9.91. The maximum atomic E-state index is 12.1. The summed E-state index contributed by atoms with van der Waals surface area (Å²) >= 11 is 0. The van der Waals surface area contributed by atoms with Gasteiger partial charge in [0.05, 0.1) is 20.3 Å². The Balaban J connectivity index is 1.28. The molecular weight excluding hydrogens is 764 g/mol. The van der Waals surface area contributed by atoms with Crippen LogP contribution in [0.5, 0.6) is 11.5 Å². The predicted octanol–water partition coefficient (Wildman–Crippen LogP) is 14.4. The second kappa shape index (κ2) is 16.9. The highest BCUT2D eigenvalue weighted by atomic mass is 31.1. The summed E-state index contributed by atoms with van der Waals surface area (Å²) in [6.07, 6.45) is 0.829. The van der Waals surface area contributed by atoms with Crippen LogP contribution in [0.15, 0.2) is 200 Å². The molecule has 1 saturated heterocycles. The van der Waals surface area contributed by atoms with Gasteiger partial charge < -0.3 is 14.6 Å². The molecule has 4 heteroatoms. The molecule has 10 rings (SSSR count). The smallest absolute Gasteiger partial charge is 0.127 e. The van der Waals surface area contributed by atoms with Gasteiger partial charge in [0.2, 0.25) is 0 Å². The van der Waals surface area contributed by atoms with Crippen molar-refractivity contribution >= 4 is 34.8 Å². The highest BCUT2D eigenvalue weighted by molar-refractivity contribution is 7.67. The zero-order valence-electron chi connectivity index (χ0n) is 34.4. The minimum atomic E-state index is -1.11. The van der Waals surface area contributed by atoms with Crippen LogP contribution in [0.1, 0.15) is 35.3 Å². The molecule has 3 nitrogen and oxygen atoms in total. The maximum Gasteiger partial charge on any atom is 0.127 e. The first kappa shape index (κ1) is 38.7. The van der Waals surface area contributed by atoms with E-state index < -0.39 is 14.0 Å². The lowest BCUT2D eigenvalue weighted by Crippen LogP contribution is -2.28. The van der Waals surface area contributed by atoms with Crippen molar-refractivity contribution in [3.8, 4) is 56.0 Å². The first-order valence-corrected chi connectivity index (χ1v) is 22.6. The monoisotopic (exact) mass is 810 g/mol. The Bertz CT molecular complexity index is 2760. The first-order chi connectivity index (χ1) is 30.1. The van der Waals surface area contributed by atoms with E-state index in [2.05, 4.69) is 200 Å². The van der Waals surface area contributed by atoms with E-state index in [4.69, 9.17) is 9.47 Å². The standard InChI is InChI=1S/C57H47O3P/c1-59-51-34-32-42-18-9-11-20-47(42)55(51)49-22-13-23-50(56-48-21-12-10-19-43(48)33-35-52(56)60-2)57(49)61-53(44-28-24-40(25-29-44)38-14-5-3-6-15-38)36-46(58)37-54(61)45-30-26-41(27-31-45)39-16-7-4-8-17-39/h3-35,46,53-54,58H,36-37H2,1-2H3. The molecule has 0 radical (unpaired) electrons. The lowest BCUT2D eigenvalue weighted by molar-refractivity contribution is 0.146. The number of hydrogen-bond donors (Lipinski definition) is 1. The van der Waals surface area contributed by atoms with Gasteiger partial charge in [0.25, 0.3) is 0 Å². The molecule has 9 aromatic rings. The van der Waals surface area contributed by atoms with Gasteiger partial charge in [0, 0.05) is 22.4 Å². The van der Waals surface area contributed by atoms with Crippen molar-refractivity contribution in [2.24, 2.45) is 0 Å². The third-order valence-corrected chi connectivity index (χ3v) is 15.9. The van der Waals surface area contributed by atoms with Crippen LogP contribution in [0, 0.1) is 0 Å². The number of hydrogen-bond acceptors (Lipinski definition) is 3. The summed E-state index contributed by atoms with van der Waals surface area (Å²) in [5, 5.41) is 18.0. The third-order valence-electron chi connectivity index (χ3n) is 12.5. The van der Waals surface area contributed by atoms with E-state index in [-0.39, 0.29) is 11.3 Å². The van der Waals surface area contributed by atoms with Gasteiger partial charge in [-0.05, 0) is 96.3 Å². The van der Waals surface area contributed by atoms with Gasteiger partial charge in [-0.2, -0.15) is 0 Å². The number of ether oxygens (including phenoxy) is 2. The van der Waals surface area contributed by atoms with Gasteiger partial charge in [-0.1, -0.05) is 196 Å². The fourth-order valence-electron chi connectivity index (χ4n) is 9.64. The van der Waals surface area contributed by atoms with Gasteiger partial charge in [0.15, 0.2) is 0 Å². The Morgan fingerprint density at radius 2 is 0.803 bits per heavy atom. The topological polar surface area (TPSA) is 38.7 Å². The molecule has 298 valence electrons. The Hall–Kier alpha value is -6.51. The quantitative estimate of drug-likeness (QED) is 0.148. The van der Waals surface area contributed by atoms with Crippen molar-refractivity contribution in [2.75, 3.05) is 14.2 Å². The zero-order chi connectivity index (χ0) is 41.3. The number of methoxy groups -OCH3 is 2. The van der Waals surface area contributed by atoms with Gasteiger partial charge in [-0.3, -0.25) is 0 Å². The van der Waals surface area contributed by atoms with Crippen LogP contribution < -0.4 is 14.8 Å². The van der Waals surface area contributed by atoms with Crippen LogP contribution in [0.25, 0.3) is 66.1 Å². The molecule has 0 amide bonds. The van der Waals surface area contributed by atoms with Gasteiger partial charge >= 0.3 is 0 Å². The summed E-state index contributed by atoms with van der Waals surface area (Å²) in [6.45, 7) is 0. The minimum absolute atomic E-state index is 0.0317. The summed E-state index contributed by atoms with van der Waals surface area (Å²) in [5.41, 5.74) is 11.8. The van der Waals surface area contributed by atoms with Crippen molar-refractivity contribution in [3.05, 3.63) is 211 Å². The van der Waals surface area contributed by atoms with Crippen LogP contribution >= 0.6 is 7.92 Å². The average Bonchev–Trinajstić information content (AvgIpc) is 3.33. The van der Waals surface area contributed by atoms with Crippen LogP contribution in [0.3, 0.4) is 0 Å². The lowest BCUT2D eigenvalue weighted by Gasteiger charge is -2.44. The van der Waals surface area contributed by atoms with Gasteiger partial charge in [-0.15, -0.1) is 0 Å². The molecule has 0 aliphatic carbocycles. The molecule has 2 unspecified atom stereocenters. The van der Waals surface area contributed by atoms with Gasteiger partial charge in [-0.25, -0.2) is 0 Å². The second-order valence-electron chi connectivity index (χ2n) is 16.0. The van der Waals surface area contributed by atoms with E-state index in [0.717, 1.165) is 55.3 Å². The average molecular weight is 811 g/mol. The highest BCUT2D eigenvalue weighted by Crippen LogP contribution is 2.69. The summed E-state index contributed by atoms with van der Waals surface area (Å²) < 4.78 is 12.6. The van der Waals surface area contributed by atoms with Crippen molar-refractivity contribution in [1.29, 1.82) is 0 Å². The number of aliphatic hydroxyl groups is 1. The molecule has 1 aliphatic heterocycles. The molecule has 1 aliphatic rings. The summed E-state index contributed by atoms with van der Waals surface area (Å²) in [6, 6.07) is 72.1. The van der Waals surface area contributed by atoms with E-state index in [9.17, 15) is 5.11 Å². The number of aliphatic hydroxyl groups excluding tert-OH is 1. The highest BCUT2D eigenvalue weighted by Gasteiger charge is 2.42. The normalized spacial score (nSPS) is 17.6. The van der Waals surface area contributed by atoms with Crippen LogP contribution in [-0.2, 0) is 0 Å². The molecule has 1 heterocycles. The Kier molecular flexibility index (Phi) is 10.7. The molecule has 1 fully saturated rings. The largest absolute Gasteiger partial charge is 0.496 e. The van der Waals surface area contributed by atoms with Crippen LogP contribution in [0.4, 0.5) is 0 Å². The van der Waals surface area contributed by atoms with Crippen LogP contribution in [-0.4, -0.2) is 25.4 Å². The van der Waals surface area contributed by atoms with E-state index in [1.165, 1.54) is 38.7 Å². The first-order valence-electron chi connectivity index (χ1n) is 21.1. The molecule has 0 saturated carbocycles. The fraction of sp³-hybridized carbons (Fsp3) is 0.123. The molecule has 0 bridgehead atoms. The summed E-state index contributed by atoms with van der Waals surface area (Å²) in [5.74, 6) is 1.67. The molecule has 0 spiro atoms. The SMILES string of the molecule is COc1ccc2ccccc2c1-c1cccc(-c2c(OC)ccc3ccccc23)c1P1C(c2ccc(-c3ccccc3)cc2)CC(O)CC1c1ccc(-c2ccccc2)cc1. The molecule has 2 atom stereocenters. The Labute approximate surface area is 359 Å². The van der Waals surface area contributed by atoms with Crippen molar-refractivity contribution in [3.63, 3.8) is 0 Å². The molecule has 0 aromatic heterocycles. The van der Waals surface area contributed by atoms with E-state index in [0.29, 0.717) is 12.8 Å². The van der Waals surface area contributed by atoms with Crippen molar-refractivity contribution in [2.45, 2.75) is 30.3 Å². The molecule has 61 heavy (non-hydrogen) atoms. The number of fused-ring (bicyclic) bond motifs is 2. The molecule has 1 N–H and O–H groups in total. The Morgan fingerprint density at radius 1 is 0.410 bits per heavy atom. The Morgan fingerprint density at radius 3 is 1.23 bits per heavy atom. The summed E-state index contributed by atoms with van der Waals surface area (Å²) in [7, 11) is 2.45. The van der Waals surface area contributed by atoms with Crippen molar-refractivity contribution < 1.29 is 14.6 Å².